The molecule has 0 unspecified atom stereocenters. The van der Waals surface area contributed by atoms with Gasteiger partial charge in [-0.3, -0.25) is 9.59 Å². The maximum absolute atomic E-state index is 12.9. The number of anilines is 1. The molecule has 0 radical (unpaired) electrons. The van der Waals surface area contributed by atoms with Crippen molar-refractivity contribution in [3.05, 3.63) is 59.9 Å². The van der Waals surface area contributed by atoms with Crippen LogP contribution < -0.4 is 10.1 Å². The molecule has 6 heteroatoms. The highest BCUT2D eigenvalue weighted by molar-refractivity contribution is 5.99. The van der Waals surface area contributed by atoms with Gasteiger partial charge < -0.3 is 19.4 Å². The number of ether oxygens (including phenoxy) is 1. The number of hydrogen-bond donors (Lipinski definition) is 1. The molecule has 0 fully saturated rings. The van der Waals surface area contributed by atoms with Crippen molar-refractivity contribution in [1.82, 2.24) is 4.90 Å². The molecule has 1 atom stereocenters. The second-order valence-corrected chi connectivity index (χ2v) is 6.33. The van der Waals surface area contributed by atoms with Crippen molar-refractivity contribution in [3.8, 4) is 5.75 Å². The Kier molecular flexibility index (Phi) is 3.88. The van der Waals surface area contributed by atoms with E-state index in [1.807, 2.05) is 37.3 Å². The Morgan fingerprint density at radius 2 is 2.00 bits per heavy atom. The topological polar surface area (TPSA) is 71.8 Å². The van der Waals surface area contributed by atoms with E-state index in [1.165, 1.54) is 0 Å². The number of rotatable bonds is 3. The Hall–Kier alpha value is -3.28. The maximum atomic E-state index is 12.9. The third-order valence-corrected chi connectivity index (χ3v) is 4.62. The zero-order chi connectivity index (χ0) is 18.3. The lowest BCUT2D eigenvalue weighted by Gasteiger charge is -2.24. The Balaban J connectivity index is 1.58. The van der Waals surface area contributed by atoms with Gasteiger partial charge in [0.25, 0.3) is 11.8 Å². The van der Waals surface area contributed by atoms with Crippen molar-refractivity contribution in [3.63, 3.8) is 0 Å². The van der Waals surface area contributed by atoms with Gasteiger partial charge in [-0.25, -0.2) is 0 Å². The molecule has 0 spiro atoms. The zero-order valence-electron chi connectivity index (χ0n) is 14.5. The highest BCUT2D eigenvalue weighted by Crippen LogP contribution is 2.31. The van der Waals surface area contributed by atoms with E-state index in [0.717, 1.165) is 16.7 Å². The quantitative estimate of drug-likeness (QED) is 0.783. The minimum Gasteiger partial charge on any atom is -0.482 e. The number of carbonyl (C=O) groups is 2. The van der Waals surface area contributed by atoms with Crippen molar-refractivity contribution in [2.24, 2.45) is 0 Å². The van der Waals surface area contributed by atoms with Gasteiger partial charge in [-0.15, -0.1) is 0 Å². The summed E-state index contributed by atoms with van der Waals surface area (Å²) in [7, 11) is 1.74. The van der Waals surface area contributed by atoms with E-state index in [2.05, 4.69) is 5.32 Å². The van der Waals surface area contributed by atoms with Gasteiger partial charge >= 0.3 is 0 Å². The van der Waals surface area contributed by atoms with Gasteiger partial charge in [-0.2, -0.15) is 0 Å². The number of amides is 2. The van der Waals surface area contributed by atoms with E-state index >= 15 is 0 Å². The lowest BCUT2D eigenvalue weighted by Crippen LogP contribution is -2.30. The van der Waals surface area contributed by atoms with Crippen LogP contribution in [0.4, 0.5) is 5.69 Å². The smallest absolute Gasteiger partial charge is 0.262 e. The van der Waals surface area contributed by atoms with Crippen LogP contribution in [0.25, 0.3) is 11.0 Å². The normalized spacial score (nSPS) is 14.3. The molecule has 26 heavy (non-hydrogen) atoms. The van der Waals surface area contributed by atoms with Gasteiger partial charge in [-0.05, 0) is 37.3 Å². The molecular weight excluding hydrogens is 332 g/mol. The molecule has 1 aliphatic rings. The molecule has 1 aliphatic heterocycles. The van der Waals surface area contributed by atoms with Crippen LogP contribution in [0.1, 0.15) is 29.1 Å². The standard InChI is InChI=1S/C20H18N2O4/c1-12(17-9-13-5-3-4-6-16(13)26-17)22(2)20(24)14-7-8-15-18(10-14)25-11-19(23)21-15/h3-10,12H,11H2,1-2H3,(H,21,23)/t12-/m1/s1. The molecule has 0 saturated carbocycles. The van der Waals surface area contributed by atoms with Crippen LogP contribution in [0.2, 0.25) is 0 Å². The molecule has 4 rings (SSSR count). The van der Waals surface area contributed by atoms with Crippen LogP contribution in [0.15, 0.2) is 52.9 Å². The van der Waals surface area contributed by atoms with E-state index in [0.29, 0.717) is 17.0 Å². The average Bonchev–Trinajstić information content (AvgIpc) is 3.10. The average molecular weight is 350 g/mol. The molecule has 6 nitrogen and oxygen atoms in total. The SMILES string of the molecule is C[C@H](c1cc2ccccc2o1)N(C)C(=O)c1ccc2c(c1)OCC(=O)N2. The first-order valence-corrected chi connectivity index (χ1v) is 8.35. The minimum absolute atomic E-state index is 0.0458. The van der Waals surface area contributed by atoms with Crippen LogP contribution >= 0.6 is 0 Å². The second-order valence-electron chi connectivity index (χ2n) is 6.33. The second kappa shape index (κ2) is 6.22. The highest BCUT2D eigenvalue weighted by atomic mass is 16.5. The molecule has 2 heterocycles. The van der Waals surface area contributed by atoms with Crippen molar-refractivity contribution >= 4 is 28.5 Å². The van der Waals surface area contributed by atoms with Crippen molar-refractivity contribution in [1.29, 1.82) is 0 Å². The summed E-state index contributed by atoms with van der Waals surface area (Å²) in [6, 6.07) is 14.5. The molecule has 1 N–H and O–H groups in total. The van der Waals surface area contributed by atoms with Gasteiger partial charge in [0.05, 0.1) is 11.7 Å². The molecule has 3 aromatic rings. The van der Waals surface area contributed by atoms with Crippen LogP contribution in [-0.4, -0.2) is 30.4 Å². The molecule has 0 saturated heterocycles. The van der Waals surface area contributed by atoms with E-state index in [1.54, 1.807) is 30.1 Å². The molecule has 1 aromatic heterocycles. The van der Waals surface area contributed by atoms with Crippen LogP contribution in [-0.2, 0) is 4.79 Å². The largest absolute Gasteiger partial charge is 0.482 e. The number of carbonyl (C=O) groups excluding carboxylic acids is 2. The summed E-state index contributed by atoms with van der Waals surface area (Å²) >= 11 is 0. The summed E-state index contributed by atoms with van der Waals surface area (Å²) in [5.41, 5.74) is 1.87. The fourth-order valence-corrected chi connectivity index (χ4v) is 2.99. The third-order valence-electron chi connectivity index (χ3n) is 4.62. The molecular formula is C20H18N2O4. The first-order valence-electron chi connectivity index (χ1n) is 8.35. The highest BCUT2D eigenvalue weighted by Gasteiger charge is 2.24. The summed E-state index contributed by atoms with van der Waals surface area (Å²) < 4.78 is 11.3. The summed E-state index contributed by atoms with van der Waals surface area (Å²) in [5, 5.41) is 3.72. The van der Waals surface area contributed by atoms with Crippen LogP contribution in [0.5, 0.6) is 5.75 Å². The van der Waals surface area contributed by atoms with Crippen LogP contribution in [0, 0.1) is 0 Å². The van der Waals surface area contributed by atoms with E-state index < -0.39 is 0 Å². The number of hydrogen-bond acceptors (Lipinski definition) is 4. The number of nitrogens with one attached hydrogen (secondary N) is 1. The van der Waals surface area contributed by atoms with Gasteiger partial charge in [0.1, 0.15) is 17.1 Å². The summed E-state index contributed by atoms with van der Waals surface area (Å²) in [5.74, 6) is 0.872. The van der Waals surface area contributed by atoms with Gasteiger partial charge in [0.15, 0.2) is 6.61 Å². The summed E-state index contributed by atoms with van der Waals surface area (Å²) in [6.45, 7) is 1.88. The van der Waals surface area contributed by atoms with Crippen molar-refractivity contribution < 1.29 is 18.7 Å². The summed E-state index contributed by atoms with van der Waals surface area (Å²) in [6.07, 6.45) is 0. The molecule has 2 aromatic carbocycles. The fraction of sp³-hybridized carbons (Fsp3) is 0.200. The van der Waals surface area contributed by atoms with Crippen molar-refractivity contribution in [2.45, 2.75) is 13.0 Å². The Morgan fingerprint density at radius 3 is 2.81 bits per heavy atom. The van der Waals surface area contributed by atoms with Crippen molar-refractivity contribution in [2.75, 3.05) is 19.0 Å². The summed E-state index contributed by atoms with van der Waals surface area (Å²) in [4.78, 5) is 25.8. The predicted octanol–water partition coefficient (Wildman–Crippen LogP) is 3.60. The van der Waals surface area contributed by atoms with Crippen LogP contribution in [0.3, 0.4) is 0 Å². The Bertz CT molecular complexity index is 975. The molecule has 0 aliphatic carbocycles. The first-order chi connectivity index (χ1) is 12.5. The number of para-hydroxylation sites is 1. The zero-order valence-corrected chi connectivity index (χ0v) is 14.5. The van der Waals surface area contributed by atoms with E-state index in [-0.39, 0.29) is 24.5 Å². The lowest BCUT2D eigenvalue weighted by atomic mass is 10.1. The number of fused-ring (bicyclic) bond motifs is 2. The number of benzene rings is 2. The van der Waals surface area contributed by atoms with Gasteiger partial charge in [0.2, 0.25) is 0 Å². The van der Waals surface area contributed by atoms with Gasteiger partial charge in [0, 0.05) is 18.0 Å². The predicted molar refractivity (Wildman–Crippen MR) is 97.3 cm³/mol. The Labute approximate surface area is 150 Å². The molecule has 0 bridgehead atoms. The number of nitrogens with zero attached hydrogens (tertiary/aromatic N) is 1. The minimum atomic E-state index is -0.230. The maximum Gasteiger partial charge on any atom is 0.262 e. The lowest BCUT2D eigenvalue weighted by molar-refractivity contribution is -0.118. The fourth-order valence-electron chi connectivity index (χ4n) is 2.99. The molecule has 2 amide bonds. The molecule has 132 valence electrons. The Morgan fingerprint density at radius 1 is 1.19 bits per heavy atom. The third kappa shape index (κ3) is 2.79. The van der Waals surface area contributed by atoms with Gasteiger partial charge in [-0.1, -0.05) is 18.2 Å². The van der Waals surface area contributed by atoms with E-state index in [4.69, 9.17) is 9.15 Å². The monoisotopic (exact) mass is 350 g/mol. The first kappa shape index (κ1) is 16.2. The number of furan rings is 1. The van der Waals surface area contributed by atoms with E-state index in [9.17, 15) is 9.59 Å².